The van der Waals surface area contributed by atoms with Gasteiger partial charge in [-0.05, 0) is 37.6 Å². The predicted octanol–water partition coefficient (Wildman–Crippen LogP) is 3.69. The zero-order chi connectivity index (χ0) is 17.7. The maximum atomic E-state index is 12.9. The first-order valence-corrected chi connectivity index (χ1v) is 7.44. The third kappa shape index (κ3) is 4.16. The van der Waals surface area contributed by atoms with Crippen molar-refractivity contribution in [2.45, 2.75) is 26.3 Å². The Hall–Kier alpha value is -2.76. The first kappa shape index (κ1) is 17.6. The molecule has 0 radical (unpaired) electrons. The summed E-state index contributed by atoms with van der Waals surface area (Å²) in [7, 11) is 0. The van der Waals surface area contributed by atoms with Crippen molar-refractivity contribution in [2.24, 2.45) is 0 Å². The maximum absolute atomic E-state index is 12.9. The molecule has 1 atom stereocenters. The second-order valence-corrected chi connectivity index (χ2v) is 5.37. The first-order chi connectivity index (χ1) is 11.4. The monoisotopic (exact) mass is 332 g/mol. The van der Waals surface area contributed by atoms with Crippen LogP contribution >= 0.6 is 0 Å². The molecule has 2 amide bonds. The molecule has 0 saturated carbocycles. The standard InChI is InChI=1S/C18H18F2N2O2/c1-11-14(16(19)20)9-6-10-15(11)22-17(23)12(2)21-18(24)13-7-4-3-5-8-13/h3-10,12,16H,1-2H3,(H,21,24)(H,22,23). The summed E-state index contributed by atoms with van der Waals surface area (Å²) in [6.45, 7) is 3.05. The number of carbonyl (C=O) groups excluding carboxylic acids is 2. The van der Waals surface area contributed by atoms with Crippen LogP contribution in [0.15, 0.2) is 48.5 Å². The quantitative estimate of drug-likeness (QED) is 0.877. The van der Waals surface area contributed by atoms with Gasteiger partial charge in [0, 0.05) is 16.8 Å². The number of alkyl halides is 2. The lowest BCUT2D eigenvalue weighted by atomic mass is 10.1. The number of rotatable bonds is 5. The normalized spacial score (nSPS) is 11.9. The van der Waals surface area contributed by atoms with E-state index in [2.05, 4.69) is 10.6 Å². The molecule has 1 unspecified atom stereocenters. The number of anilines is 1. The highest BCUT2D eigenvalue weighted by atomic mass is 19.3. The molecule has 6 heteroatoms. The Morgan fingerprint density at radius 1 is 1.00 bits per heavy atom. The fourth-order valence-electron chi connectivity index (χ4n) is 2.20. The molecule has 24 heavy (non-hydrogen) atoms. The van der Waals surface area contributed by atoms with E-state index in [4.69, 9.17) is 0 Å². The SMILES string of the molecule is Cc1c(NC(=O)C(C)NC(=O)c2ccccc2)cccc1C(F)F. The molecule has 2 N–H and O–H groups in total. The highest BCUT2D eigenvalue weighted by Gasteiger charge is 2.19. The highest BCUT2D eigenvalue weighted by molar-refractivity contribution is 6.01. The number of hydrogen-bond donors (Lipinski definition) is 2. The van der Waals surface area contributed by atoms with Gasteiger partial charge in [0.2, 0.25) is 5.91 Å². The van der Waals surface area contributed by atoms with E-state index in [1.165, 1.54) is 26.0 Å². The summed E-state index contributed by atoms with van der Waals surface area (Å²) in [5.41, 5.74) is 0.919. The van der Waals surface area contributed by atoms with Crippen LogP contribution in [0.2, 0.25) is 0 Å². The molecule has 0 aliphatic carbocycles. The van der Waals surface area contributed by atoms with Crippen molar-refractivity contribution in [1.29, 1.82) is 0 Å². The minimum atomic E-state index is -2.61. The molecule has 2 aromatic carbocycles. The second kappa shape index (κ2) is 7.68. The van der Waals surface area contributed by atoms with Crippen LogP contribution in [0.5, 0.6) is 0 Å². The topological polar surface area (TPSA) is 58.2 Å². The molecule has 2 aromatic rings. The number of carbonyl (C=O) groups is 2. The van der Waals surface area contributed by atoms with Gasteiger partial charge in [0.05, 0.1) is 0 Å². The van der Waals surface area contributed by atoms with Crippen molar-refractivity contribution in [3.8, 4) is 0 Å². The van der Waals surface area contributed by atoms with Crippen LogP contribution in [0.1, 0.15) is 34.8 Å². The third-order valence-corrected chi connectivity index (χ3v) is 3.65. The summed E-state index contributed by atoms with van der Waals surface area (Å²) >= 11 is 0. The molecule has 0 aliphatic rings. The third-order valence-electron chi connectivity index (χ3n) is 3.65. The van der Waals surface area contributed by atoms with Gasteiger partial charge in [0.1, 0.15) is 6.04 Å². The number of nitrogens with one attached hydrogen (secondary N) is 2. The van der Waals surface area contributed by atoms with Crippen molar-refractivity contribution in [3.63, 3.8) is 0 Å². The average molecular weight is 332 g/mol. The van der Waals surface area contributed by atoms with Crippen molar-refractivity contribution in [1.82, 2.24) is 5.32 Å². The van der Waals surface area contributed by atoms with E-state index >= 15 is 0 Å². The van der Waals surface area contributed by atoms with E-state index in [0.29, 0.717) is 16.8 Å². The van der Waals surface area contributed by atoms with Gasteiger partial charge >= 0.3 is 0 Å². The van der Waals surface area contributed by atoms with Crippen molar-refractivity contribution in [2.75, 3.05) is 5.32 Å². The number of benzene rings is 2. The predicted molar refractivity (Wildman–Crippen MR) is 88.1 cm³/mol. The van der Waals surface area contributed by atoms with Crippen LogP contribution < -0.4 is 10.6 Å². The van der Waals surface area contributed by atoms with Crippen LogP contribution in [0.25, 0.3) is 0 Å². The van der Waals surface area contributed by atoms with E-state index in [-0.39, 0.29) is 11.5 Å². The van der Waals surface area contributed by atoms with Gasteiger partial charge in [0.15, 0.2) is 0 Å². The molecule has 0 fully saturated rings. The number of hydrogen-bond acceptors (Lipinski definition) is 2. The lowest BCUT2D eigenvalue weighted by Crippen LogP contribution is -2.41. The second-order valence-electron chi connectivity index (χ2n) is 5.37. The zero-order valence-corrected chi connectivity index (χ0v) is 13.3. The van der Waals surface area contributed by atoms with Gasteiger partial charge in [-0.3, -0.25) is 9.59 Å². The van der Waals surface area contributed by atoms with E-state index < -0.39 is 18.4 Å². The highest BCUT2D eigenvalue weighted by Crippen LogP contribution is 2.27. The molecule has 126 valence electrons. The van der Waals surface area contributed by atoms with Crippen molar-refractivity contribution < 1.29 is 18.4 Å². The molecule has 0 aliphatic heterocycles. The van der Waals surface area contributed by atoms with Gasteiger partial charge in [-0.2, -0.15) is 0 Å². The fraction of sp³-hybridized carbons (Fsp3) is 0.222. The zero-order valence-electron chi connectivity index (χ0n) is 13.3. The lowest BCUT2D eigenvalue weighted by Gasteiger charge is -2.16. The summed E-state index contributed by atoms with van der Waals surface area (Å²) in [5, 5.41) is 5.15. The molecule has 2 rings (SSSR count). The Morgan fingerprint density at radius 2 is 1.67 bits per heavy atom. The molecule has 0 saturated heterocycles. The average Bonchev–Trinajstić information content (AvgIpc) is 2.57. The fourth-order valence-corrected chi connectivity index (χ4v) is 2.20. The molecule has 4 nitrogen and oxygen atoms in total. The molecule has 0 aromatic heterocycles. The lowest BCUT2D eigenvalue weighted by molar-refractivity contribution is -0.117. The van der Waals surface area contributed by atoms with Crippen LogP contribution in [-0.2, 0) is 4.79 Å². The van der Waals surface area contributed by atoms with Gasteiger partial charge in [0.25, 0.3) is 12.3 Å². The van der Waals surface area contributed by atoms with Gasteiger partial charge in [-0.1, -0.05) is 30.3 Å². The van der Waals surface area contributed by atoms with Crippen molar-refractivity contribution >= 4 is 17.5 Å². The van der Waals surface area contributed by atoms with E-state index in [9.17, 15) is 18.4 Å². The Morgan fingerprint density at radius 3 is 2.29 bits per heavy atom. The van der Waals surface area contributed by atoms with E-state index in [0.717, 1.165) is 0 Å². The minimum absolute atomic E-state index is 0.131. The summed E-state index contributed by atoms with van der Waals surface area (Å²) in [6.07, 6.45) is -2.61. The summed E-state index contributed by atoms with van der Waals surface area (Å²) < 4.78 is 25.8. The first-order valence-electron chi connectivity index (χ1n) is 7.44. The Bertz CT molecular complexity index is 733. The Labute approximate surface area is 138 Å². The molecular weight excluding hydrogens is 314 g/mol. The molecule has 0 heterocycles. The summed E-state index contributed by atoms with van der Waals surface area (Å²) in [4.78, 5) is 24.2. The maximum Gasteiger partial charge on any atom is 0.264 e. The van der Waals surface area contributed by atoms with Gasteiger partial charge in [-0.25, -0.2) is 8.78 Å². The Kier molecular flexibility index (Phi) is 5.63. The van der Waals surface area contributed by atoms with Crippen molar-refractivity contribution in [3.05, 3.63) is 65.2 Å². The van der Waals surface area contributed by atoms with Crippen LogP contribution in [0.3, 0.4) is 0 Å². The smallest absolute Gasteiger partial charge is 0.264 e. The van der Waals surface area contributed by atoms with Crippen LogP contribution in [-0.4, -0.2) is 17.9 Å². The minimum Gasteiger partial charge on any atom is -0.341 e. The van der Waals surface area contributed by atoms with Crippen LogP contribution in [0.4, 0.5) is 14.5 Å². The molecular formula is C18H18F2N2O2. The van der Waals surface area contributed by atoms with Crippen LogP contribution in [0, 0.1) is 6.92 Å². The van der Waals surface area contributed by atoms with Gasteiger partial charge < -0.3 is 10.6 Å². The molecule has 0 spiro atoms. The largest absolute Gasteiger partial charge is 0.341 e. The number of amides is 2. The van der Waals surface area contributed by atoms with E-state index in [1.807, 2.05) is 0 Å². The summed E-state index contributed by atoms with van der Waals surface area (Å²) in [6, 6.07) is 12.0. The Balaban J connectivity index is 2.05. The summed E-state index contributed by atoms with van der Waals surface area (Å²) in [5.74, 6) is -0.856. The van der Waals surface area contributed by atoms with E-state index in [1.54, 1.807) is 36.4 Å². The number of halogens is 2. The van der Waals surface area contributed by atoms with Gasteiger partial charge in [-0.15, -0.1) is 0 Å². The molecule has 0 bridgehead atoms.